The van der Waals surface area contributed by atoms with Crippen LogP contribution < -0.4 is 10.3 Å². The van der Waals surface area contributed by atoms with Crippen LogP contribution in [0, 0.1) is 11.3 Å². The molecule has 0 unspecified atom stereocenters. The Hall–Kier alpha value is -1.33. The highest BCUT2D eigenvalue weighted by molar-refractivity contribution is 7.89. The summed E-state index contributed by atoms with van der Waals surface area (Å²) in [5.74, 6) is 0.540. The zero-order chi connectivity index (χ0) is 14.8. The molecule has 0 amide bonds. The Kier molecular flexibility index (Phi) is 4.20. The predicted molar refractivity (Wildman–Crippen MR) is 80.2 cm³/mol. The molecule has 20 heavy (non-hydrogen) atoms. The number of rotatable bonds is 4. The molecule has 0 radical (unpaired) electrons. The molecule has 0 aromatic heterocycles. The van der Waals surface area contributed by atoms with Gasteiger partial charge in [-0.25, -0.2) is 8.42 Å². The van der Waals surface area contributed by atoms with Crippen molar-refractivity contribution in [2.24, 2.45) is 11.3 Å². The first kappa shape index (κ1) is 15.1. The summed E-state index contributed by atoms with van der Waals surface area (Å²) >= 11 is 0. The molecule has 0 saturated carbocycles. The van der Waals surface area contributed by atoms with Gasteiger partial charge in [-0.05, 0) is 36.3 Å². The smallest absolute Gasteiger partial charge is 0.257 e. The predicted octanol–water partition coefficient (Wildman–Crippen LogP) is 2.81. The van der Waals surface area contributed by atoms with Crippen LogP contribution in [0.15, 0.2) is 47.0 Å². The van der Waals surface area contributed by atoms with Crippen LogP contribution >= 0.6 is 0 Å². The average Bonchev–Trinajstić information content (AvgIpc) is 2.35. The number of nitrogens with one attached hydrogen (secondary N) is 2. The third kappa shape index (κ3) is 3.84. The summed E-state index contributed by atoms with van der Waals surface area (Å²) in [7, 11) is -3.52. The highest BCUT2D eigenvalue weighted by Crippen LogP contribution is 2.35. The highest BCUT2D eigenvalue weighted by Gasteiger charge is 2.26. The molecule has 0 bridgehead atoms. The lowest BCUT2D eigenvalue weighted by Gasteiger charge is -2.32. The first-order valence-corrected chi connectivity index (χ1v) is 8.31. The van der Waals surface area contributed by atoms with Gasteiger partial charge in [-0.1, -0.05) is 45.0 Å². The summed E-state index contributed by atoms with van der Waals surface area (Å²) in [6, 6.07) is 8.36. The minimum Gasteiger partial charge on any atom is -0.312 e. The van der Waals surface area contributed by atoms with Gasteiger partial charge in [0.05, 0.1) is 4.90 Å². The van der Waals surface area contributed by atoms with Gasteiger partial charge in [-0.15, -0.1) is 4.83 Å². The summed E-state index contributed by atoms with van der Waals surface area (Å²) in [6.07, 6.45) is 4.09. The third-order valence-electron chi connectivity index (χ3n) is 3.41. The molecule has 0 spiro atoms. The van der Waals surface area contributed by atoms with Crippen molar-refractivity contribution in [2.45, 2.75) is 38.5 Å². The van der Waals surface area contributed by atoms with Crippen molar-refractivity contribution in [1.29, 1.82) is 0 Å². The van der Waals surface area contributed by atoms with E-state index in [4.69, 9.17) is 0 Å². The number of hydrogen-bond donors (Lipinski definition) is 2. The van der Waals surface area contributed by atoms with Crippen molar-refractivity contribution in [3.05, 3.63) is 42.1 Å². The van der Waals surface area contributed by atoms with Gasteiger partial charge in [-0.3, -0.25) is 0 Å². The van der Waals surface area contributed by atoms with Crippen molar-refractivity contribution < 1.29 is 8.42 Å². The Labute approximate surface area is 121 Å². The van der Waals surface area contributed by atoms with Gasteiger partial charge >= 0.3 is 0 Å². The van der Waals surface area contributed by atoms with E-state index in [0.29, 0.717) is 5.92 Å². The maximum atomic E-state index is 12.1. The fourth-order valence-corrected chi connectivity index (χ4v) is 3.71. The van der Waals surface area contributed by atoms with Crippen LogP contribution in [0.1, 0.15) is 33.6 Å². The monoisotopic (exact) mass is 294 g/mol. The molecule has 0 fully saturated rings. The van der Waals surface area contributed by atoms with Crippen LogP contribution in [0.5, 0.6) is 0 Å². The second-order valence-corrected chi connectivity index (χ2v) is 7.90. The Bertz CT molecular complexity index is 592. The molecule has 2 N–H and O–H groups in total. The van der Waals surface area contributed by atoms with E-state index in [9.17, 15) is 8.42 Å². The van der Waals surface area contributed by atoms with E-state index in [1.165, 1.54) is 0 Å². The zero-order valence-electron chi connectivity index (χ0n) is 12.2. The molecule has 1 aliphatic rings. The van der Waals surface area contributed by atoms with Crippen molar-refractivity contribution in [3.63, 3.8) is 0 Å². The Morgan fingerprint density at radius 3 is 2.45 bits per heavy atom. The fraction of sp³-hybridized carbons (Fsp3) is 0.467. The molecule has 0 aliphatic heterocycles. The molecular formula is C15H22N2O2S. The molecule has 5 heteroatoms. The molecule has 0 heterocycles. The van der Waals surface area contributed by atoms with E-state index in [0.717, 1.165) is 18.5 Å². The second-order valence-electron chi connectivity index (χ2n) is 6.22. The molecule has 1 aliphatic carbocycles. The van der Waals surface area contributed by atoms with Crippen molar-refractivity contribution >= 4 is 10.0 Å². The van der Waals surface area contributed by atoms with Gasteiger partial charge in [0.2, 0.25) is 0 Å². The minimum atomic E-state index is -3.52. The van der Waals surface area contributed by atoms with Gasteiger partial charge in [0.1, 0.15) is 0 Å². The maximum absolute atomic E-state index is 12.1. The van der Waals surface area contributed by atoms with E-state index >= 15 is 0 Å². The molecule has 1 aromatic rings. The van der Waals surface area contributed by atoms with Gasteiger partial charge in [0, 0.05) is 5.70 Å². The van der Waals surface area contributed by atoms with E-state index in [-0.39, 0.29) is 10.3 Å². The summed E-state index contributed by atoms with van der Waals surface area (Å²) in [5.41, 5.74) is 3.90. The molecule has 1 aromatic carbocycles. The SMILES string of the molecule is C[C@@H]1CC(NNS(=O)(=O)c2ccccc2)=CC(C)(C)C1. The average molecular weight is 294 g/mol. The van der Waals surface area contributed by atoms with Crippen LogP contribution in [-0.4, -0.2) is 8.42 Å². The quantitative estimate of drug-likeness (QED) is 0.840. The third-order valence-corrected chi connectivity index (χ3v) is 4.67. The summed E-state index contributed by atoms with van der Waals surface area (Å²) in [4.78, 5) is 2.72. The van der Waals surface area contributed by atoms with E-state index in [1.54, 1.807) is 30.3 Å². The number of benzene rings is 1. The summed E-state index contributed by atoms with van der Waals surface area (Å²) < 4.78 is 24.2. The first-order valence-electron chi connectivity index (χ1n) is 6.83. The zero-order valence-corrected chi connectivity index (χ0v) is 13.0. The molecule has 0 saturated heterocycles. The van der Waals surface area contributed by atoms with Crippen LogP contribution in [0.3, 0.4) is 0 Å². The lowest BCUT2D eigenvalue weighted by atomic mass is 9.76. The Morgan fingerprint density at radius 1 is 1.20 bits per heavy atom. The van der Waals surface area contributed by atoms with Gasteiger partial charge in [0.25, 0.3) is 10.0 Å². The normalized spacial score (nSPS) is 22.1. The summed E-state index contributed by atoms with van der Waals surface area (Å²) in [6.45, 7) is 6.51. The van der Waals surface area contributed by atoms with Crippen molar-refractivity contribution in [1.82, 2.24) is 10.3 Å². The maximum Gasteiger partial charge on any atom is 0.257 e. The van der Waals surface area contributed by atoms with E-state index in [1.807, 2.05) is 0 Å². The Balaban J connectivity index is 2.07. The van der Waals surface area contributed by atoms with Gasteiger partial charge in [0.15, 0.2) is 0 Å². The fourth-order valence-electron chi connectivity index (χ4n) is 2.81. The number of sulfonamides is 1. The molecule has 110 valence electrons. The van der Waals surface area contributed by atoms with Crippen molar-refractivity contribution in [3.8, 4) is 0 Å². The number of hydrogen-bond acceptors (Lipinski definition) is 3. The minimum absolute atomic E-state index is 0.0954. The molecule has 2 rings (SSSR count). The second kappa shape index (κ2) is 5.58. The van der Waals surface area contributed by atoms with Crippen LogP contribution in [-0.2, 0) is 10.0 Å². The lowest BCUT2D eigenvalue weighted by molar-refractivity contribution is 0.313. The van der Waals surface area contributed by atoms with E-state index < -0.39 is 10.0 Å². The number of allylic oxidation sites excluding steroid dienone is 2. The highest BCUT2D eigenvalue weighted by atomic mass is 32.2. The van der Waals surface area contributed by atoms with Gasteiger partial charge < -0.3 is 5.43 Å². The lowest BCUT2D eigenvalue weighted by Crippen LogP contribution is -2.39. The number of hydrazine groups is 1. The molecular weight excluding hydrogens is 272 g/mol. The largest absolute Gasteiger partial charge is 0.312 e. The van der Waals surface area contributed by atoms with Crippen LogP contribution in [0.25, 0.3) is 0 Å². The van der Waals surface area contributed by atoms with Crippen molar-refractivity contribution in [2.75, 3.05) is 0 Å². The van der Waals surface area contributed by atoms with Crippen LogP contribution in [0.4, 0.5) is 0 Å². The molecule has 1 atom stereocenters. The van der Waals surface area contributed by atoms with Gasteiger partial charge in [-0.2, -0.15) is 0 Å². The summed E-state index contributed by atoms with van der Waals surface area (Å²) in [5, 5.41) is 0. The Morgan fingerprint density at radius 2 is 1.85 bits per heavy atom. The first-order chi connectivity index (χ1) is 9.28. The standard InChI is InChI=1S/C15H22N2O2S/c1-12-9-13(11-15(2,3)10-12)16-17-20(18,19)14-7-5-4-6-8-14/h4-8,11-12,16-17H,9-10H2,1-3H3/t12-/m1/s1. The topological polar surface area (TPSA) is 58.2 Å². The molecule has 4 nitrogen and oxygen atoms in total. The van der Waals surface area contributed by atoms with E-state index in [2.05, 4.69) is 37.1 Å². The van der Waals surface area contributed by atoms with Crippen LogP contribution in [0.2, 0.25) is 0 Å².